The summed E-state index contributed by atoms with van der Waals surface area (Å²) >= 11 is 0. The minimum atomic E-state index is -0.686. The second-order valence-electron chi connectivity index (χ2n) is 11.8. The highest BCUT2D eigenvalue weighted by molar-refractivity contribution is 5.80. The molecule has 4 nitrogen and oxygen atoms in total. The normalized spacial score (nSPS) is 16.8. The lowest BCUT2D eigenvalue weighted by atomic mass is 9.73. The molecule has 4 heteroatoms. The van der Waals surface area contributed by atoms with Crippen LogP contribution in [-0.4, -0.2) is 44.0 Å². The van der Waals surface area contributed by atoms with E-state index in [4.69, 9.17) is 0 Å². The predicted octanol–water partition coefficient (Wildman–Crippen LogP) is 9.10. The van der Waals surface area contributed by atoms with Gasteiger partial charge in [-0.25, -0.2) is 0 Å². The van der Waals surface area contributed by atoms with E-state index in [9.17, 15) is 10.2 Å². The predicted molar refractivity (Wildman–Crippen MR) is 169 cm³/mol. The fourth-order valence-corrected chi connectivity index (χ4v) is 5.75. The third-order valence-corrected chi connectivity index (χ3v) is 8.42. The standard InChI is InChI=1S/C35H54N2O2/c1-5-6-7-8-9-10-11-12-13-14-15-16-17-18-27-37(4)31-25-21-29(22-26-31)33-34(38)32(35(33)39)28-19-23-30(24-20-28)36(2)3/h19-26,33-34,38-39H,5-18,27H2,1-4H3. The molecule has 39 heavy (non-hydrogen) atoms. The monoisotopic (exact) mass is 534 g/mol. The summed E-state index contributed by atoms with van der Waals surface area (Å²) in [6.07, 6.45) is 18.7. The van der Waals surface area contributed by atoms with Crippen LogP contribution in [0.4, 0.5) is 11.4 Å². The van der Waals surface area contributed by atoms with Gasteiger partial charge in [-0.2, -0.15) is 0 Å². The molecule has 2 aromatic carbocycles. The van der Waals surface area contributed by atoms with Gasteiger partial charge in [0.1, 0.15) is 5.76 Å². The summed E-state index contributed by atoms with van der Waals surface area (Å²) in [5.41, 5.74) is 4.77. The van der Waals surface area contributed by atoms with Crippen LogP contribution in [0.3, 0.4) is 0 Å². The van der Waals surface area contributed by atoms with Gasteiger partial charge in [-0.15, -0.1) is 0 Å². The molecule has 1 aliphatic rings. The topological polar surface area (TPSA) is 46.9 Å². The minimum Gasteiger partial charge on any atom is -0.511 e. The number of anilines is 2. The molecule has 3 rings (SSSR count). The van der Waals surface area contributed by atoms with E-state index in [1.165, 1.54) is 95.6 Å². The summed E-state index contributed by atoms with van der Waals surface area (Å²) in [5.74, 6) is -0.0673. The molecular weight excluding hydrogens is 480 g/mol. The summed E-state index contributed by atoms with van der Waals surface area (Å²) in [7, 11) is 6.16. The average molecular weight is 535 g/mol. The van der Waals surface area contributed by atoms with E-state index < -0.39 is 6.10 Å². The lowest BCUT2D eigenvalue weighted by Crippen LogP contribution is -2.33. The van der Waals surface area contributed by atoms with Gasteiger partial charge < -0.3 is 20.0 Å². The molecule has 0 spiro atoms. The Morgan fingerprint density at radius 1 is 0.615 bits per heavy atom. The van der Waals surface area contributed by atoms with Crippen molar-refractivity contribution in [3.8, 4) is 0 Å². The second-order valence-corrected chi connectivity index (χ2v) is 11.8. The van der Waals surface area contributed by atoms with Crippen molar-refractivity contribution in [2.75, 3.05) is 37.5 Å². The zero-order chi connectivity index (χ0) is 28.0. The van der Waals surface area contributed by atoms with E-state index in [-0.39, 0.29) is 11.7 Å². The molecule has 0 bridgehead atoms. The number of aliphatic hydroxyl groups excluding tert-OH is 2. The highest BCUT2D eigenvalue weighted by Crippen LogP contribution is 2.46. The van der Waals surface area contributed by atoms with Crippen molar-refractivity contribution in [2.24, 2.45) is 0 Å². The number of nitrogens with zero attached hydrogens (tertiary/aromatic N) is 2. The van der Waals surface area contributed by atoms with Gasteiger partial charge in [0.2, 0.25) is 0 Å². The van der Waals surface area contributed by atoms with E-state index in [2.05, 4.69) is 31.0 Å². The zero-order valence-electron chi connectivity index (χ0n) is 25.2. The van der Waals surface area contributed by atoms with E-state index in [1.807, 2.05) is 55.4 Å². The molecule has 216 valence electrons. The fourth-order valence-electron chi connectivity index (χ4n) is 5.75. The van der Waals surface area contributed by atoms with E-state index in [0.717, 1.165) is 23.4 Å². The molecule has 0 amide bonds. The number of hydrogen-bond donors (Lipinski definition) is 2. The Hall–Kier alpha value is -2.46. The van der Waals surface area contributed by atoms with Crippen molar-refractivity contribution < 1.29 is 10.2 Å². The third-order valence-electron chi connectivity index (χ3n) is 8.42. The van der Waals surface area contributed by atoms with E-state index in [1.54, 1.807) is 0 Å². The molecule has 2 aromatic rings. The van der Waals surface area contributed by atoms with E-state index in [0.29, 0.717) is 5.57 Å². The SMILES string of the molecule is CCCCCCCCCCCCCCCCN(C)c1ccc(C2C(O)=C(c3ccc(N(C)C)cc3)C2O)cc1. The number of unbranched alkanes of at least 4 members (excludes halogenated alkanes) is 13. The molecular formula is C35H54N2O2. The molecule has 0 saturated heterocycles. The maximum Gasteiger partial charge on any atom is 0.109 e. The minimum absolute atomic E-state index is 0.281. The highest BCUT2D eigenvalue weighted by atomic mass is 16.3. The Balaban J connectivity index is 1.31. The molecule has 0 heterocycles. The van der Waals surface area contributed by atoms with Gasteiger partial charge in [-0.05, 0) is 41.8 Å². The van der Waals surface area contributed by atoms with Crippen molar-refractivity contribution in [3.63, 3.8) is 0 Å². The van der Waals surface area contributed by atoms with Gasteiger partial charge >= 0.3 is 0 Å². The first-order chi connectivity index (χ1) is 18.9. The molecule has 1 aliphatic carbocycles. The van der Waals surface area contributed by atoms with Crippen LogP contribution in [0.15, 0.2) is 54.3 Å². The van der Waals surface area contributed by atoms with Crippen LogP contribution >= 0.6 is 0 Å². The van der Waals surface area contributed by atoms with Crippen molar-refractivity contribution >= 4 is 16.9 Å². The molecule has 0 fully saturated rings. The lowest BCUT2D eigenvalue weighted by molar-refractivity contribution is 0.153. The Bertz CT molecular complexity index is 981. The van der Waals surface area contributed by atoms with Gasteiger partial charge in [0.05, 0.1) is 12.0 Å². The Kier molecular flexibility index (Phi) is 13.2. The average Bonchev–Trinajstić information content (AvgIpc) is 2.94. The summed E-state index contributed by atoms with van der Waals surface area (Å²) in [4.78, 5) is 4.35. The summed E-state index contributed by atoms with van der Waals surface area (Å²) in [5, 5.41) is 21.7. The molecule has 2 N–H and O–H groups in total. The van der Waals surface area contributed by atoms with E-state index >= 15 is 0 Å². The van der Waals surface area contributed by atoms with Gasteiger partial charge in [-0.1, -0.05) is 115 Å². The highest BCUT2D eigenvalue weighted by Gasteiger charge is 2.41. The van der Waals surface area contributed by atoms with Crippen molar-refractivity contribution in [1.29, 1.82) is 0 Å². The Morgan fingerprint density at radius 3 is 1.54 bits per heavy atom. The Morgan fingerprint density at radius 2 is 1.08 bits per heavy atom. The first-order valence-corrected chi connectivity index (χ1v) is 15.6. The maximum atomic E-state index is 10.9. The van der Waals surface area contributed by atoms with Gasteiger partial charge in [0.15, 0.2) is 0 Å². The van der Waals surface area contributed by atoms with Gasteiger partial charge in [0.25, 0.3) is 0 Å². The first kappa shape index (κ1) is 31.1. The van der Waals surface area contributed by atoms with Crippen molar-refractivity contribution in [2.45, 2.75) is 109 Å². The molecule has 0 radical (unpaired) electrons. The van der Waals surface area contributed by atoms with Crippen molar-refractivity contribution in [1.82, 2.24) is 0 Å². The van der Waals surface area contributed by atoms with Gasteiger partial charge in [-0.3, -0.25) is 0 Å². The number of aliphatic hydroxyl groups is 2. The largest absolute Gasteiger partial charge is 0.511 e. The molecule has 0 aliphatic heterocycles. The maximum absolute atomic E-state index is 10.9. The van der Waals surface area contributed by atoms with Crippen LogP contribution in [0.1, 0.15) is 114 Å². The summed E-state index contributed by atoms with van der Waals surface area (Å²) < 4.78 is 0. The van der Waals surface area contributed by atoms with Crippen LogP contribution in [0, 0.1) is 0 Å². The molecule has 2 atom stereocenters. The summed E-state index contributed by atoms with van der Waals surface area (Å²) in [6.45, 7) is 3.34. The smallest absolute Gasteiger partial charge is 0.109 e. The van der Waals surface area contributed by atoms with Crippen LogP contribution in [0.2, 0.25) is 0 Å². The number of rotatable bonds is 19. The summed E-state index contributed by atoms with van der Waals surface area (Å²) in [6, 6.07) is 16.3. The molecule has 0 aromatic heterocycles. The first-order valence-electron chi connectivity index (χ1n) is 15.6. The van der Waals surface area contributed by atoms with Gasteiger partial charge in [0, 0.05) is 44.6 Å². The molecule has 0 saturated carbocycles. The van der Waals surface area contributed by atoms with Crippen molar-refractivity contribution in [3.05, 3.63) is 65.4 Å². The number of benzene rings is 2. The van der Waals surface area contributed by atoms with Crippen LogP contribution < -0.4 is 9.80 Å². The lowest BCUT2D eigenvalue weighted by Gasteiger charge is -2.36. The fraction of sp³-hybridized carbons (Fsp3) is 0.600. The number of hydrogen-bond acceptors (Lipinski definition) is 4. The second kappa shape index (κ2) is 16.6. The zero-order valence-corrected chi connectivity index (χ0v) is 25.2. The van der Waals surface area contributed by atoms with Crippen LogP contribution in [0.25, 0.3) is 5.57 Å². The van der Waals surface area contributed by atoms with Crippen LogP contribution in [-0.2, 0) is 0 Å². The quantitative estimate of drug-likeness (QED) is 0.176. The van der Waals surface area contributed by atoms with Crippen LogP contribution in [0.5, 0.6) is 0 Å². The third kappa shape index (κ3) is 9.31. The molecule has 2 unspecified atom stereocenters. The Labute approximate surface area is 238 Å².